The van der Waals surface area contributed by atoms with Gasteiger partial charge < -0.3 is 20.8 Å². The summed E-state index contributed by atoms with van der Waals surface area (Å²) in [4.78, 5) is 45.9. The Kier molecular flexibility index (Phi) is 10.6. The number of hydrogen-bond acceptors (Lipinski definition) is 6. The molecule has 0 radical (unpaired) electrons. The highest BCUT2D eigenvalue weighted by molar-refractivity contribution is 7.99. The standard InChI is InChI=1S/C21H34N2O6S/c1-13(10-14(2)24)22-17(20(28)29)12-30-9-7-5-6-8-16(19(26)27)23-18(25)15-11-21(15,3)4/h8,13,15,17,22H,5-7,9-12H2,1-4H3,(H,23,25)(H,26,27)(H,28,29)/b16-8-/t13-,15-,17+/m1/s1. The van der Waals surface area contributed by atoms with Gasteiger partial charge >= 0.3 is 11.9 Å². The Labute approximate surface area is 182 Å². The fourth-order valence-corrected chi connectivity index (χ4v) is 4.20. The number of carboxylic acid groups (broad SMARTS) is 2. The van der Waals surface area contributed by atoms with E-state index in [1.807, 2.05) is 13.8 Å². The lowest BCUT2D eigenvalue weighted by atomic mass is 10.1. The number of carbonyl (C=O) groups excluding carboxylic acids is 2. The Morgan fingerprint density at radius 1 is 1.20 bits per heavy atom. The minimum absolute atomic E-state index is 0.0117. The lowest BCUT2D eigenvalue weighted by Crippen LogP contribution is -2.44. The van der Waals surface area contributed by atoms with Crippen LogP contribution in [0.5, 0.6) is 0 Å². The van der Waals surface area contributed by atoms with Gasteiger partial charge in [0.25, 0.3) is 0 Å². The summed E-state index contributed by atoms with van der Waals surface area (Å²) in [7, 11) is 0. The molecule has 9 heteroatoms. The number of aliphatic carboxylic acids is 2. The first-order chi connectivity index (χ1) is 13.9. The zero-order valence-corrected chi connectivity index (χ0v) is 19.0. The first kappa shape index (κ1) is 26.2. The molecule has 1 saturated carbocycles. The number of allylic oxidation sites excluding steroid dienone is 1. The Hall–Kier alpha value is -1.87. The molecule has 0 unspecified atom stereocenters. The van der Waals surface area contributed by atoms with Gasteiger partial charge in [-0.1, -0.05) is 19.9 Å². The van der Waals surface area contributed by atoms with E-state index in [2.05, 4.69) is 10.6 Å². The van der Waals surface area contributed by atoms with Crippen LogP contribution in [0, 0.1) is 11.3 Å². The molecule has 170 valence electrons. The van der Waals surface area contributed by atoms with Crippen molar-refractivity contribution in [3.05, 3.63) is 11.8 Å². The fourth-order valence-electron chi connectivity index (χ4n) is 3.15. The third-order valence-corrected chi connectivity index (χ3v) is 6.22. The zero-order chi connectivity index (χ0) is 22.9. The van der Waals surface area contributed by atoms with E-state index in [1.54, 1.807) is 6.92 Å². The highest BCUT2D eigenvalue weighted by atomic mass is 32.2. The third kappa shape index (κ3) is 9.75. The van der Waals surface area contributed by atoms with Crippen molar-refractivity contribution in [1.82, 2.24) is 10.6 Å². The van der Waals surface area contributed by atoms with Crippen molar-refractivity contribution in [2.24, 2.45) is 11.3 Å². The van der Waals surface area contributed by atoms with Crippen LogP contribution in [-0.4, -0.2) is 57.4 Å². The summed E-state index contributed by atoms with van der Waals surface area (Å²) in [5, 5.41) is 24.0. The lowest BCUT2D eigenvalue weighted by Gasteiger charge is -2.19. The SMILES string of the molecule is CC(=O)C[C@@H](C)N[C@@H](CSCCCC/C=C(\NC(=O)[C@H]1CC1(C)C)C(=O)O)C(=O)O. The van der Waals surface area contributed by atoms with E-state index in [-0.39, 0.29) is 34.8 Å². The maximum atomic E-state index is 12.1. The molecule has 3 atom stereocenters. The average molecular weight is 443 g/mol. The van der Waals surface area contributed by atoms with Gasteiger partial charge in [0, 0.05) is 24.1 Å². The van der Waals surface area contributed by atoms with Crippen molar-refractivity contribution in [1.29, 1.82) is 0 Å². The van der Waals surface area contributed by atoms with E-state index < -0.39 is 18.0 Å². The molecule has 0 aromatic rings. The molecule has 0 aromatic carbocycles. The fraction of sp³-hybridized carbons (Fsp3) is 0.714. The average Bonchev–Trinajstić information content (AvgIpc) is 3.26. The normalized spacial score (nSPS) is 19.6. The zero-order valence-electron chi connectivity index (χ0n) is 18.2. The molecule has 1 rings (SSSR count). The van der Waals surface area contributed by atoms with E-state index in [0.717, 1.165) is 25.0 Å². The molecule has 8 nitrogen and oxygen atoms in total. The predicted molar refractivity (Wildman–Crippen MR) is 116 cm³/mol. The Morgan fingerprint density at radius 2 is 1.83 bits per heavy atom. The highest BCUT2D eigenvalue weighted by Crippen LogP contribution is 2.51. The van der Waals surface area contributed by atoms with Crippen LogP contribution < -0.4 is 10.6 Å². The summed E-state index contributed by atoms with van der Waals surface area (Å²) in [5.74, 6) is -1.32. The van der Waals surface area contributed by atoms with Gasteiger partial charge in [-0.25, -0.2) is 4.79 Å². The molecular formula is C21H34N2O6S. The summed E-state index contributed by atoms with van der Waals surface area (Å²) in [6, 6.07) is -0.912. The number of hydrogen-bond donors (Lipinski definition) is 4. The van der Waals surface area contributed by atoms with E-state index in [0.29, 0.717) is 18.6 Å². The first-order valence-corrected chi connectivity index (χ1v) is 11.4. The van der Waals surface area contributed by atoms with Gasteiger partial charge in [0.05, 0.1) is 0 Å². The summed E-state index contributed by atoms with van der Waals surface area (Å²) in [6.45, 7) is 7.23. The van der Waals surface area contributed by atoms with Crippen molar-refractivity contribution < 1.29 is 29.4 Å². The largest absolute Gasteiger partial charge is 0.480 e. The molecular weight excluding hydrogens is 408 g/mol. The van der Waals surface area contributed by atoms with Crippen molar-refractivity contribution in [2.45, 2.75) is 71.9 Å². The summed E-state index contributed by atoms with van der Waals surface area (Å²) >= 11 is 1.50. The minimum Gasteiger partial charge on any atom is -0.480 e. The van der Waals surface area contributed by atoms with Crippen molar-refractivity contribution >= 4 is 35.4 Å². The molecule has 0 bridgehead atoms. The van der Waals surface area contributed by atoms with Crippen LogP contribution in [0.25, 0.3) is 0 Å². The van der Waals surface area contributed by atoms with Crippen LogP contribution in [0.1, 0.15) is 59.8 Å². The van der Waals surface area contributed by atoms with Crippen LogP contribution in [-0.2, 0) is 19.2 Å². The second-order valence-corrected chi connectivity index (χ2v) is 9.74. The smallest absolute Gasteiger partial charge is 0.352 e. The van der Waals surface area contributed by atoms with Gasteiger partial charge in [-0.2, -0.15) is 11.8 Å². The number of Topliss-reactive ketones (excluding diaryl/α,β-unsaturated/α-hetero) is 1. The summed E-state index contributed by atoms with van der Waals surface area (Å²) in [6.07, 6.45) is 4.65. The number of carboxylic acids is 2. The monoisotopic (exact) mass is 442 g/mol. The lowest BCUT2D eigenvalue weighted by molar-refractivity contribution is -0.139. The number of ketones is 1. The Bertz CT molecular complexity index is 676. The van der Waals surface area contributed by atoms with Gasteiger partial charge in [0.15, 0.2) is 0 Å². The molecule has 1 aliphatic rings. The number of nitrogens with one attached hydrogen (secondary N) is 2. The molecule has 30 heavy (non-hydrogen) atoms. The van der Waals surface area contributed by atoms with Crippen LogP contribution in [0.3, 0.4) is 0 Å². The quantitative estimate of drug-likeness (QED) is 0.224. The van der Waals surface area contributed by atoms with Crippen molar-refractivity contribution in [3.8, 4) is 0 Å². The van der Waals surface area contributed by atoms with E-state index in [1.165, 1.54) is 24.8 Å². The number of carbonyl (C=O) groups is 4. The first-order valence-electron chi connectivity index (χ1n) is 10.2. The molecule has 0 heterocycles. The van der Waals surface area contributed by atoms with Crippen molar-refractivity contribution in [3.63, 3.8) is 0 Å². The van der Waals surface area contributed by atoms with E-state index in [4.69, 9.17) is 0 Å². The Morgan fingerprint density at radius 3 is 2.33 bits per heavy atom. The van der Waals surface area contributed by atoms with Crippen LogP contribution in [0.4, 0.5) is 0 Å². The molecule has 1 fully saturated rings. The minimum atomic E-state index is -1.15. The van der Waals surface area contributed by atoms with Crippen LogP contribution >= 0.6 is 11.8 Å². The number of rotatable bonds is 15. The van der Waals surface area contributed by atoms with Crippen molar-refractivity contribution in [2.75, 3.05) is 11.5 Å². The third-order valence-electron chi connectivity index (χ3n) is 5.07. The summed E-state index contributed by atoms with van der Waals surface area (Å²) in [5.41, 5.74) is -0.137. The summed E-state index contributed by atoms with van der Waals surface area (Å²) < 4.78 is 0. The predicted octanol–water partition coefficient (Wildman–Crippen LogP) is 2.43. The van der Waals surface area contributed by atoms with Gasteiger partial charge in [-0.3, -0.25) is 14.4 Å². The molecule has 1 amide bonds. The van der Waals surface area contributed by atoms with Gasteiger partial charge in [-0.05, 0) is 50.7 Å². The molecule has 0 saturated heterocycles. The highest BCUT2D eigenvalue weighted by Gasteiger charge is 2.50. The van der Waals surface area contributed by atoms with Crippen LogP contribution in [0.15, 0.2) is 11.8 Å². The Balaban J connectivity index is 2.30. The second-order valence-electron chi connectivity index (χ2n) is 8.59. The topological polar surface area (TPSA) is 133 Å². The molecule has 0 aromatic heterocycles. The van der Waals surface area contributed by atoms with Gasteiger partial charge in [-0.15, -0.1) is 0 Å². The molecule has 1 aliphatic carbocycles. The number of thioether (sulfide) groups is 1. The maximum Gasteiger partial charge on any atom is 0.352 e. The molecule has 4 N–H and O–H groups in total. The molecule has 0 aliphatic heterocycles. The van der Waals surface area contributed by atoms with E-state index in [9.17, 15) is 29.4 Å². The van der Waals surface area contributed by atoms with Crippen LogP contribution in [0.2, 0.25) is 0 Å². The number of amides is 1. The van der Waals surface area contributed by atoms with Gasteiger partial charge in [0.1, 0.15) is 17.5 Å². The second kappa shape index (κ2) is 12.1. The number of unbranched alkanes of at least 4 members (excludes halogenated alkanes) is 2. The molecule has 0 spiro atoms. The van der Waals surface area contributed by atoms with E-state index >= 15 is 0 Å². The van der Waals surface area contributed by atoms with Gasteiger partial charge in [0.2, 0.25) is 5.91 Å². The maximum absolute atomic E-state index is 12.1.